The fourth-order valence-electron chi connectivity index (χ4n) is 16.4. The second kappa shape index (κ2) is 19.8. The highest BCUT2D eigenvalue weighted by Gasteiger charge is 2.45. The number of anilines is 12. The number of para-hydroxylation sites is 8. The highest BCUT2D eigenvalue weighted by atomic mass is 15.2. The number of aromatic nitrogens is 2. The van der Waals surface area contributed by atoms with Crippen LogP contribution in [0.4, 0.5) is 68.2 Å². The van der Waals surface area contributed by atoms with E-state index in [0.29, 0.717) is 0 Å². The summed E-state index contributed by atoms with van der Waals surface area (Å²) < 4.78 is 4.97. The van der Waals surface area contributed by atoms with Gasteiger partial charge in [0, 0.05) is 101 Å². The molecule has 0 N–H and O–H groups in total. The number of hydrogen-bond acceptors (Lipinski definition) is 4. The standard InChI is InChI=1S/C84H54B2N6/c1-4-25-56(26-5-1)87-73-41-18-13-36-66(73)85-68-50-48-61(90-70-38-15-10-32-63(70)64-33-11-16-39-71(64)90)54-81(68)92(80-47-23-44-77(87)83(80)85)59-31-20-24-55(52-59)62-35-21-43-76-82(62)65-34-12-17-40-72(65)91(76)60-49-51-75-69(53-60)86-67-37-14-19-42-74(67)88(57-27-6-2-7-28-57)78-45-22-46-79(84(78)86)89(75)58-29-8-3-9-30-58/h1-54H. The minimum atomic E-state index is -0.0294. The number of fused-ring (bicyclic) bond motifs is 14. The van der Waals surface area contributed by atoms with E-state index in [1.54, 1.807) is 0 Å². The summed E-state index contributed by atoms with van der Waals surface area (Å²) in [7, 11) is 0. The van der Waals surface area contributed by atoms with Crippen molar-refractivity contribution in [3.8, 4) is 22.5 Å². The van der Waals surface area contributed by atoms with Crippen molar-refractivity contribution in [2.45, 2.75) is 0 Å². The molecule has 4 aliphatic rings. The van der Waals surface area contributed by atoms with E-state index in [-0.39, 0.29) is 13.4 Å². The Hall–Kier alpha value is -12.0. The van der Waals surface area contributed by atoms with Crippen LogP contribution in [0.2, 0.25) is 0 Å². The Labute approximate surface area is 533 Å². The summed E-state index contributed by atoms with van der Waals surface area (Å²) >= 11 is 0. The molecule has 0 radical (unpaired) electrons. The monoisotopic (exact) mass is 1170 g/mol. The third-order valence-corrected chi connectivity index (χ3v) is 20.0. The van der Waals surface area contributed by atoms with Gasteiger partial charge >= 0.3 is 0 Å². The van der Waals surface area contributed by atoms with Crippen molar-refractivity contribution in [3.63, 3.8) is 0 Å². The topological polar surface area (TPSA) is 22.8 Å². The van der Waals surface area contributed by atoms with Crippen molar-refractivity contribution >= 4 is 158 Å². The molecule has 426 valence electrons. The molecular weight excluding hydrogens is 1110 g/mol. The van der Waals surface area contributed by atoms with Crippen molar-refractivity contribution in [1.82, 2.24) is 9.13 Å². The molecule has 0 unspecified atom stereocenters. The molecule has 8 heteroatoms. The third-order valence-electron chi connectivity index (χ3n) is 20.0. The number of rotatable bonds is 7. The van der Waals surface area contributed by atoms with Crippen LogP contribution in [-0.4, -0.2) is 22.6 Å². The molecule has 92 heavy (non-hydrogen) atoms. The molecule has 16 aromatic rings. The molecule has 0 fully saturated rings. The van der Waals surface area contributed by atoms with E-state index in [0.717, 1.165) is 56.4 Å². The van der Waals surface area contributed by atoms with Crippen LogP contribution in [0.1, 0.15) is 0 Å². The zero-order valence-corrected chi connectivity index (χ0v) is 50.0. The molecule has 6 nitrogen and oxygen atoms in total. The summed E-state index contributed by atoms with van der Waals surface area (Å²) in [6.45, 7) is -0.0456. The highest BCUT2D eigenvalue weighted by molar-refractivity contribution is 7.01. The summed E-state index contributed by atoms with van der Waals surface area (Å²) in [5.74, 6) is 0. The molecule has 20 rings (SSSR count). The largest absolute Gasteiger partial charge is 0.311 e. The van der Waals surface area contributed by atoms with Crippen molar-refractivity contribution in [2.75, 3.05) is 19.6 Å². The van der Waals surface area contributed by atoms with Crippen molar-refractivity contribution in [1.29, 1.82) is 0 Å². The van der Waals surface area contributed by atoms with Crippen LogP contribution in [0.25, 0.3) is 66.1 Å². The Morgan fingerprint density at radius 1 is 0.207 bits per heavy atom. The zero-order valence-electron chi connectivity index (χ0n) is 50.0. The van der Waals surface area contributed by atoms with Crippen molar-refractivity contribution in [3.05, 3.63) is 328 Å². The molecule has 6 heterocycles. The van der Waals surface area contributed by atoms with Gasteiger partial charge in [0.15, 0.2) is 0 Å². The Bertz CT molecular complexity index is 5650. The zero-order chi connectivity index (χ0) is 60.1. The maximum absolute atomic E-state index is 2.56. The van der Waals surface area contributed by atoms with E-state index in [1.807, 2.05) is 0 Å². The SMILES string of the molecule is c1ccc(N2c3ccccc3B3c4cc(-n5c6ccccc6c6c(-c7cccc(N8c9cc(-n%10c%11ccccc%11c%11ccccc%11%10)ccc9B9c%10ccccc%10N(c%10ccccc%10)c%10cccc8c%109)c7)cccc65)ccc4N(c4ccccc4)c4cccc2c43)cc1. The minimum absolute atomic E-state index is 0.0162. The van der Waals surface area contributed by atoms with Gasteiger partial charge in [-0.1, -0.05) is 188 Å². The van der Waals surface area contributed by atoms with Gasteiger partial charge in [-0.3, -0.25) is 0 Å². The molecule has 0 atom stereocenters. The van der Waals surface area contributed by atoms with Crippen LogP contribution in [0.5, 0.6) is 0 Å². The van der Waals surface area contributed by atoms with E-state index >= 15 is 0 Å². The van der Waals surface area contributed by atoms with Gasteiger partial charge in [-0.2, -0.15) is 0 Å². The molecule has 0 saturated heterocycles. The Balaban J connectivity index is 0.783. The maximum Gasteiger partial charge on any atom is 0.252 e. The van der Waals surface area contributed by atoms with Crippen molar-refractivity contribution in [2.24, 2.45) is 0 Å². The van der Waals surface area contributed by atoms with Gasteiger partial charge in [0.2, 0.25) is 0 Å². The molecular formula is C84H54B2N6. The lowest BCUT2D eigenvalue weighted by molar-refractivity contribution is 1.17. The first kappa shape index (κ1) is 51.0. The summed E-state index contributed by atoms with van der Waals surface area (Å²) in [6.07, 6.45) is 0. The van der Waals surface area contributed by atoms with Crippen LogP contribution in [0.15, 0.2) is 328 Å². The third kappa shape index (κ3) is 7.23. The van der Waals surface area contributed by atoms with E-state index in [1.165, 1.54) is 111 Å². The Morgan fingerprint density at radius 3 is 1.16 bits per heavy atom. The average Bonchev–Trinajstić information content (AvgIpc) is 0.925. The van der Waals surface area contributed by atoms with Crippen molar-refractivity contribution < 1.29 is 0 Å². The van der Waals surface area contributed by atoms with Gasteiger partial charge in [-0.25, -0.2) is 0 Å². The van der Waals surface area contributed by atoms with Gasteiger partial charge in [0.05, 0.1) is 22.1 Å². The molecule has 4 aliphatic heterocycles. The highest BCUT2D eigenvalue weighted by Crippen LogP contribution is 2.49. The summed E-state index contributed by atoms with van der Waals surface area (Å²) in [5.41, 5.74) is 31.0. The summed E-state index contributed by atoms with van der Waals surface area (Å²) in [6, 6.07) is 122. The normalized spacial score (nSPS) is 13.3. The van der Waals surface area contributed by atoms with Crippen LogP contribution < -0.4 is 52.4 Å². The molecule has 0 aliphatic carbocycles. The molecule has 14 aromatic carbocycles. The number of nitrogens with zero attached hydrogens (tertiary/aromatic N) is 6. The lowest BCUT2D eigenvalue weighted by atomic mass is 9.33. The molecule has 0 saturated carbocycles. The maximum atomic E-state index is 2.56. The quantitative estimate of drug-likeness (QED) is 0.148. The van der Waals surface area contributed by atoms with Crippen LogP contribution in [0.3, 0.4) is 0 Å². The van der Waals surface area contributed by atoms with Crippen LogP contribution in [-0.2, 0) is 0 Å². The smallest absolute Gasteiger partial charge is 0.252 e. The van der Waals surface area contributed by atoms with Gasteiger partial charge in [-0.05, 0) is 183 Å². The Kier molecular flexibility index (Phi) is 10.9. The second-order valence-electron chi connectivity index (χ2n) is 24.7. The first-order chi connectivity index (χ1) is 45.7. The first-order valence-electron chi connectivity index (χ1n) is 31.9. The van der Waals surface area contributed by atoms with E-state index in [9.17, 15) is 0 Å². The number of hydrogen-bond donors (Lipinski definition) is 0. The van der Waals surface area contributed by atoms with E-state index in [4.69, 9.17) is 0 Å². The summed E-state index contributed by atoms with van der Waals surface area (Å²) in [5, 5.41) is 4.92. The van der Waals surface area contributed by atoms with Gasteiger partial charge < -0.3 is 28.7 Å². The lowest BCUT2D eigenvalue weighted by Crippen LogP contribution is -2.61. The fourth-order valence-corrected chi connectivity index (χ4v) is 16.4. The second-order valence-corrected chi connectivity index (χ2v) is 24.7. The lowest BCUT2D eigenvalue weighted by Gasteiger charge is -2.44. The van der Waals surface area contributed by atoms with Crippen LogP contribution in [0, 0.1) is 0 Å². The molecule has 0 spiro atoms. The fraction of sp³-hybridized carbons (Fsp3) is 0. The molecule has 0 amide bonds. The van der Waals surface area contributed by atoms with Gasteiger partial charge in [0.1, 0.15) is 0 Å². The minimum Gasteiger partial charge on any atom is -0.311 e. The van der Waals surface area contributed by atoms with Gasteiger partial charge in [-0.15, -0.1) is 0 Å². The first-order valence-corrected chi connectivity index (χ1v) is 31.9. The molecule has 0 bridgehead atoms. The summed E-state index contributed by atoms with van der Waals surface area (Å²) in [4.78, 5) is 9.98. The van der Waals surface area contributed by atoms with E-state index in [2.05, 4.69) is 356 Å². The van der Waals surface area contributed by atoms with E-state index < -0.39 is 0 Å². The average molecular weight is 1170 g/mol. The number of benzene rings is 14. The Morgan fingerprint density at radius 2 is 0.587 bits per heavy atom. The van der Waals surface area contributed by atoms with Crippen LogP contribution >= 0.6 is 0 Å². The molecule has 2 aromatic heterocycles. The predicted octanol–water partition coefficient (Wildman–Crippen LogP) is 17.7. The van der Waals surface area contributed by atoms with Gasteiger partial charge in [0.25, 0.3) is 13.4 Å². The predicted molar refractivity (Wildman–Crippen MR) is 389 cm³/mol.